The molecule has 1 rings (SSSR count). The number of carbonyl (C=O) groups is 2. The third kappa shape index (κ3) is 2.45. The van der Waals surface area contributed by atoms with Crippen molar-refractivity contribution < 1.29 is 14.3 Å². The normalized spacial score (nSPS) is 21.3. The van der Waals surface area contributed by atoms with E-state index in [0.717, 1.165) is 0 Å². The highest BCUT2D eigenvalue weighted by molar-refractivity contribution is 5.94. The molecule has 0 aromatic heterocycles. The average Bonchev–Trinajstić information content (AvgIpc) is 2.71. The summed E-state index contributed by atoms with van der Waals surface area (Å²) in [5, 5.41) is 9.01. The second-order valence-corrected chi connectivity index (χ2v) is 4.32. The Labute approximate surface area is 106 Å². The van der Waals surface area contributed by atoms with Gasteiger partial charge in [0.2, 0.25) is 5.91 Å². The van der Waals surface area contributed by atoms with Crippen LogP contribution in [0.25, 0.3) is 0 Å². The molecule has 0 N–H and O–H groups in total. The van der Waals surface area contributed by atoms with Crippen LogP contribution in [0.15, 0.2) is 11.3 Å². The van der Waals surface area contributed by atoms with Crippen molar-refractivity contribution in [2.45, 2.75) is 18.9 Å². The molecule has 0 spiro atoms. The lowest BCUT2D eigenvalue weighted by Gasteiger charge is -2.25. The van der Waals surface area contributed by atoms with E-state index in [1.54, 1.807) is 26.0 Å². The summed E-state index contributed by atoms with van der Waals surface area (Å²) >= 11 is 0. The van der Waals surface area contributed by atoms with E-state index in [0.29, 0.717) is 18.5 Å². The standard InChI is InChI=1S/C12H17N3O3/c1-14(2)11(16)10-6-5-9(15(10)3)8(7-13)12(17)18-4/h10H,5-6H2,1-4H3/b9-8-. The lowest BCUT2D eigenvalue weighted by atomic mass is 10.1. The minimum absolute atomic E-state index is 0.0194. The summed E-state index contributed by atoms with van der Waals surface area (Å²) in [6, 6.07) is 1.54. The molecule has 1 saturated heterocycles. The van der Waals surface area contributed by atoms with Crippen LogP contribution >= 0.6 is 0 Å². The molecule has 6 heteroatoms. The van der Waals surface area contributed by atoms with Crippen LogP contribution in [0.2, 0.25) is 0 Å². The first-order chi connectivity index (χ1) is 8.43. The van der Waals surface area contributed by atoms with Gasteiger partial charge >= 0.3 is 5.97 Å². The first-order valence-corrected chi connectivity index (χ1v) is 5.59. The Morgan fingerprint density at radius 1 is 1.50 bits per heavy atom. The summed E-state index contributed by atoms with van der Waals surface area (Å²) in [5.74, 6) is -0.688. The van der Waals surface area contributed by atoms with Gasteiger partial charge in [0.15, 0.2) is 5.57 Å². The number of carbonyl (C=O) groups excluding carboxylic acids is 2. The lowest BCUT2D eigenvalue weighted by Crippen LogP contribution is -2.40. The van der Waals surface area contributed by atoms with E-state index >= 15 is 0 Å². The number of nitrogens with zero attached hydrogens (tertiary/aromatic N) is 3. The molecule has 1 unspecified atom stereocenters. The molecule has 0 saturated carbocycles. The Morgan fingerprint density at radius 3 is 2.56 bits per heavy atom. The van der Waals surface area contributed by atoms with Crippen LogP contribution in [0, 0.1) is 11.3 Å². The van der Waals surface area contributed by atoms with Crippen LogP contribution in [-0.4, -0.2) is 56.0 Å². The van der Waals surface area contributed by atoms with Gasteiger partial charge in [0, 0.05) is 26.8 Å². The van der Waals surface area contributed by atoms with Gasteiger partial charge in [-0.1, -0.05) is 0 Å². The second kappa shape index (κ2) is 5.54. The number of amides is 1. The number of likely N-dealkylation sites (N-methyl/N-ethyl adjacent to an activating group) is 2. The molecule has 0 aromatic carbocycles. The Morgan fingerprint density at radius 2 is 2.11 bits per heavy atom. The third-order valence-electron chi connectivity index (χ3n) is 3.06. The lowest BCUT2D eigenvalue weighted by molar-refractivity contribution is -0.136. The molecule has 98 valence electrons. The molecule has 0 bridgehead atoms. The monoisotopic (exact) mass is 251 g/mol. The molecule has 0 radical (unpaired) electrons. The smallest absolute Gasteiger partial charge is 0.350 e. The zero-order chi connectivity index (χ0) is 13.9. The number of likely N-dealkylation sites (tertiary alicyclic amines) is 1. The summed E-state index contributed by atoms with van der Waals surface area (Å²) in [5.41, 5.74) is 0.554. The van der Waals surface area contributed by atoms with Gasteiger partial charge in [-0.3, -0.25) is 4.79 Å². The summed E-state index contributed by atoms with van der Waals surface area (Å²) in [6.07, 6.45) is 1.13. The molecular formula is C12H17N3O3. The highest BCUT2D eigenvalue weighted by atomic mass is 16.5. The SMILES string of the molecule is COC(=O)/C(C#N)=C1/CCC(C(=O)N(C)C)N1C. The number of esters is 1. The van der Waals surface area contributed by atoms with Crippen molar-refractivity contribution in [1.82, 2.24) is 9.80 Å². The molecular weight excluding hydrogens is 234 g/mol. The van der Waals surface area contributed by atoms with Crippen molar-refractivity contribution in [2.75, 3.05) is 28.3 Å². The molecule has 1 aliphatic heterocycles. The minimum Gasteiger partial charge on any atom is -0.465 e. The molecule has 1 heterocycles. The van der Waals surface area contributed by atoms with Gasteiger partial charge < -0.3 is 14.5 Å². The van der Waals surface area contributed by atoms with E-state index in [2.05, 4.69) is 4.74 Å². The predicted molar refractivity (Wildman–Crippen MR) is 64.1 cm³/mol. The summed E-state index contributed by atoms with van der Waals surface area (Å²) in [4.78, 5) is 26.6. The Balaban J connectivity index is 3.03. The minimum atomic E-state index is -0.655. The largest absolute Gasteiger partial charge is 0.465 e. The van der Waals surface area contributed by atoms with Crippen molar-refractivity contribution in [3.05, 3.63) is 11.3 Å². The first-order valence-electron chi connectivity index (χ1n) is 5.59. The number of rotatable bonds is 2. The Hall–Kier alpha value is -2.03. The van der Waals surface area contributed by atoms with Crippen molar-refractivity contribution in [3.63, 3.8) is 0 Å². The number of allylic oxidation sites excluding steroid dienone is 1. The summed E-state index contributed by atoms with van der Waals surface area (Å²) in [6.45, 7) is 0. The number of hydrogen-bond donors (Lipinski definition) is 0. The van der Waals surface area contributed by atoms with Gasteiger partial charge in [-0.05, 0) is 12.8 Å². The van der Waals surface area contributed by atoms with Crippen LogP contribution < -0.4 is 0 Å². The molecule has 0 aliphatic carbocycles. The molecule has 0 aromatic rings. The van der Waals surface area contributed by atoms with E-state index in [4.69, 9.17) is 5.26 Å². The van der Waals surface area contributed by atoms with E-state index in [9.17, 15) is 9.59 Å². The molecule has 1 aliphatic rings. The fourth-order valence-corrected chi connectivity index (χ4v) is 2.05. The summed E-state index contributed by atoms with van der Waals surface area (Å²) < 4.78 is 4.57. The quantitative estimate of drug-likeness (QED) is 0.396. The van der Waals surface area contributed by atoms with Gasteiger partial charge in [0.05, 0.1) is 7.11 Å². The van der Waals surface area contributed by atoms with Crippen LogP contribution in [0.4, 0.5) is 0 Å². The molecule has 1 fully saturated rings. The first kappa shape index (κ1) is 14.0. The highest BCUT2D eigenvalue weighted by Crippen LogP contribution is 2.29. The van der Waals surface area contributed by atoms with Crippen molar-refractivity contribution in [3.8, 4) is 6.07 Å². The topological polar surface area (TPSA) is 73.6 Å². The molecule has 6 nitrogen and oxygen atoms in total. The van der Waals surface area contributed by atoms with Gasteiger partial charge in [0.1, 0.15) is 12.1 Å². The van der Waals surface area contributed by atoms with Gasteiger partial charge in [-0.15, -0.1) is 0 Å². The fourth-order valence-electron chi connectivity index (χ4n) is 2.05. The van der Waals surface area contributed by atoms with Gasteiger partial charge in [-0.2, -0.15) is 5.26 Å². The van der Waals surface area contributed by atoms with Crippen LogP contribution in [-0.2, 0) is 14.3 Å². The van der Waals surface area contributed by atoms with Crippen LogP contribution in [0.1, 0.15) is 12.8 Å². The molecule has 18 heavy (non-hydrogen) atoms. The maximum absolute atomic E-state index is 11.9. The number of methoxy groups -OCH3 is 1. The van der Waals surface area contributed by atoms with Crippen molar-refractivity contribution >= 4 is 11.9 Å². The fraction of sp³-hybridized carbons (Fsp3) is 0.583. The van der Waals surface area contributed by atoms with Gasteiger partial charge in [0.25, 0.3) is 0 Å². The van der Waals surface area contributed by atoms with Crippen LogP contribution in [0.3, 0.4) is 0 Å². The Bertz CT molecular complexity index is 434. The zero-order valence-electron chi connectivity index (χ0n) is 11.1. The van der Waals surface area contributed by atoms with Crippen molar-refractivity contribution in [2.24, 2.45) is 0 Å². The number of hydrogen-bond acceptors (Lipinski definition) is 5. The van der Waals surface area contributed by atoms with Crippen LogP contribution in [0.5, 0.6) is 0 Å². The zero-order valence-corrected chi connectivity index (χ0v) is 11.1. The summed E-state index contributed by atoms with van der Waals surface area (Å²) in [7, 11) is 6.32. The Kier molecular flexibility index (Phi) is 4.32. The third-order valence-corrected chi connectivity index (χ3v) is 3.06. The number of ether oxygens (including phenoxy) is 1. The predicted octanol–water partition coefficient (Wildman–Crippen LogP) is 0.119. The van der Waals surface area contributed by atoms with Gasteiger partial charge in [-0.25, -0.2) is 4.79 Å². The van der Waals surface area contributed by atoms with E-state index in [1.165, 1.54) is 12.0 Å². The highest BCUT2D eigenvalue weighted by Gasteiger charge is 2.35. The maximum Gasteiger partial charge on any atom is 0.350 e. The maximum atomic E-state index is 11.9. The molecule has 1 amide bonds. The molecule has 1 atom stereocenters. The average molecular weight is 251 g/mol. The van der Waals surface area contributed by atoms with E-state index in [-0.39, 0.29) is 17.5 Å². The van der Waals surface area contributed by atoms with E-state index in [1.807, 2.05) is 6.07 Å². The van der Waals surface area contributed by atoms with Crippen molar-refractivity contribution in [1.29, 1.82) is 5.26 Å². The number of nitriles is 1. The van der Waals surface area contributed by atoms with E-state index < -0.39 is 5.97 Å². The second-order valence-electron chi connectivity index (χ2n) is 4.32.